The monoisotopic (exact) mass is 255 g/mol. The molecule has 0 unspecified atom stereocenters. The minimum absolute atomic E-state index is 0.536. The fourth-order valence-corrected chi connectivity index (χ4v) is 1.58. The fourth-order valence-electron chi connectivity index (χ4n) is 1.58. The van der Waals surface area contributed by atoms with Crippen LogP contribution in [0.1, 0.15) is 31.6 Å². The second-order valence-electron chi connectivity index (χ2n) is 4.84. The number of ether oxygens (including phenoxy) is 2. The highest BCUT2D eigenvalue weighted by molar-refractivity contribution is 5.11. The summed E-state index contributed by atoms with van der Waals surface area (Å²) in [7, 11) is 1.70. The Bertz CT molecular complexity index is 310. The second-order valence-corrected chi connectivity index (χ2v) is 4.84. The van der Waals surface area contributed by atoms with E-state index in [1.54, 1.807) is 13.4 Å². The van der Waals surface area contributed by atoms with Crippen LogP contribution in [0.5, 0.6) is 0 Å². The van der Waals surface area contributed by atoms with Crippen molar-refractivity contribution in [2.45, 2.75) is 33.4 Å². The maximum atomic E-state index is 5.48. The Labute approximate surface area is 110 Å². The smallest absolute Gasteiger partial charge is 0.129 e. The number of furan rings is 1. The van der Waals surface area contributed by atoms with E-state index < -0.39 is 0 Å². The molecule has 1 aromatic heterocycles. The zero-order valence-electron chi connectivity index (χ0n) is 11.7. The Kier molecular flexibility index (Phi) is 7.73. The summed E-state index contributed by atoms with van der Waals surface area (Å²) >= 11 is 0. The summed E-state index contributed by atoms with van der Waals surface area (Å²) in [5.41, 5.74) is 1.17. The van der Waals surface area contributed by atoms with Crippen LogP contribution in [0.4, 0.5) is 0 Å². The SMILES string of the molecule is COCCCOCc1cc(CNCC(C)C)co1. The van der Waals surface area contributed by atoms with Crippen molar-refractivity contribution in [3.63, 3.8) is 0 Å². The van der Waals surface area contributed by atoms with Crippen molar-refractivity contribution in [1.29, 1.82) is 0 Å². The molecular formula is C14H25NO3. The topological polar surface area (TPSA) is 43.6 Å². The molecule has 1 rings (SSSR count). The highest BCUT2D eigenvalue weighted by atomic mass is 16.5. The van der Waals surface area contributed by atoms with E-state index in [0.29, 0.717) is 19.1 Å². The van der Waals surface area contributed by atoms with Crippen molar-refractivity contribution in [3.05, 3.63) is 23.7 Å². The van der Waals surface area contributed by atoms with E-state index in [1.165, 1.54) is 5.56 Å². The van der Waals surface area contributed by atoms with Crippen molar-refractivity contribution < 1.29 is 13.9 Å². The molecule has 0 aliphatic rings. The molecule has 0 radical (unpaired) electrons. The van der Waals surface area contributed by atoms with E-state index in [-0.39, 0.29) is 0 Å². The Balaban J connectivity index is 2.13. The number of rotatable bonds is 10. The van der Waals surface area contributed by atoms with Gasteiger partial charge in [0.15, 0.2) is 0 Å². The average molecular weight is 255 g/mol. The first-order valence-corrected chi connectivity index (χ1v) is 6.56. The van der Waals surface area contributed by atoms with Gasteiger partial charge in [0.2, 0.25) is 0 Å². The van der Waals surface area contributed by atoms with Crippen LogP contribution in [0.25, 0.3) is 0 Å². The van der Waals surface area contributed by atoms with Crippen LogP contribution in [-0.2, 0) is 22.6 Å². The minimum atomic E-state index is 0.536. The molecule has 0 amide bonds. The summed E-state index contributed by atoms with van der Waals surface area (Å²) < 4.78 is 15.9. The van der Waals surface area contributed by atoms with Crippen LogP contribution in [-0.4, -0.2) is 26.9 Å². The predicted molar refractivity (Wildman–Crippen MR) is 71.4 cm³/mol. The van der Waals surface area contributed by atoms with Crippen molar-refractivity contribution in [2.75, 3.05) is 26.9 Å². The normalized spacial score (nSPS) is 11.3. The Hall–Kier alpha value is -0.840. The molecule has 1 aromatic rings. The lowest BCUT2D eigenvalue weighted by atomic mass is 10.2. The fraction of sp³-hybridized carbons (Fsp3) is 0.714. The van der Waals surface area contributed by atoms with Gasteiger partial charge in [0.1, 0.15) is 12.4 Å². The van der Waals surface area contributed by atoms with Gasteiger partial charge in [-0.2, -0.15) is 0 Å². The molecule has 0 aromatic carbocycles. The van der Waals surface area contributed by atoms with Gasteiger partial charge >= 0.3 is 0 Å². The molecule has 0 aliphatic heterocycles. The zero-order valence-corrected chi connectivity index (χ0v) is 11.7. The van der Waals surface area contributed by atoms with E-state index >= 15 is 0 Å². The summed E-state index contributed by atoms with van der Waals surface area (Å²) in [6.07, 6.45) is 2.71. The lowest BCUT2D eigenvalue weighted by Crippen LogP contribution is -2.18. The first kappa shape index (κ1) is 15.2. The van der Waals surface area contributed by atoms with Crippen molar-refractivity contribution in [2.24, 2.45) is 5.92 Å². The third-order valence-electron chi connectivity index (χ3n) is 2.47. The second kappa shape index (κ2) is 9.14. The third-order valence-corrected chi connectivity index (χ3v) is 2.47. The molecule has 4 heteroatoms. The molecule has 1 N–H and O–H groups in total. The summed E-state index contributed by atoms with van der Waals surface area (Å²) in [6, 6.07) is 2.05. The molecule has 104 valence electrons. The quantitative estimate of drug-likeness (QED) is 0.653. The highest BCUT2D eigenvalue weighted by Crippen LogP contribution is 2.09. The van der Waals surface area contributed by atoms with Crippen molar-refractivity contribution in [3.8, 4) is 0 Å². The van der Waals surface area contributed by atoms with Crippen LogP contribution in [0.15, 0.2) is 16.7 Å². The van der Waals surface area contributed by atoms with E-state index in [9.17, 15) is 0 Å². The van der Waals surface area contributed by atoms with Crippen LogP contribution in [0.3, 0.4) is 0 Å². The molecule has 0 atom stereocenters. The Morgan fingerprint density at radius 3 is 2.89 bits per heavy atom. The Morgan fingerprint density at radius 1 is 1.33 bits per heavy atom. The lowest BCUT2D eigenvalue weighted by Gasteiger charge is -2.04. The van der Waals surface area contributed by atoms with Gasteiger partial charge in [-0.15, -0.1) is 0 Å². The molecule has 0 aliphatic carbocycles. The minimum Gasteiger partial charge on any atom is -0.467 e. The van der Waals surface area contributed by atoms with E-state index in [2.05, 4.69) is 19.2 Å². The van der Waals surface area contributed by atoms with Gasteiger partial charge in [-0.25, -0.2) is 0 Å². The largest absolute Gasteiger partial charge is 0.467 e. The number of hydrogen-bond donors (Lipinski definition) is 1. The van der Waals surface area contributed by atoms with Gasteiger partial charge in [0, 0.05) is 32.4 Å². The molecule has 18 heavy (non-hydrogen) atoms. The van der Waals surface area contributed by atoms with E-state index in [0.717, 1.165) is 31.9 Å². The van der Waals surface area contributed by atoms with Crippen LogP contribution in [0.2, 0.25) is 0 Å². The van der Waals surface area contributed by atoms with Gasteiger partial charge in [-0.1, -0.05) is 13.8 Å². The van der Waals surface area contributed by atoms with Gasteiger partial charge in [-0.05, 0) is 24.9 Å². The van der Waals surface area contributed by atoms with Gasteiger partial charge < -0.3 is 19.2 Å². The van der Waals surface area contributed by atoms with E-state index in [1.807, 2.05) is 6.07 Å². The lowest BCUT2D eigenvalue weighted by molar-refractivity contribution is 0.0827. The molecule has 1 heterocycles. The molecule has 0 spiro atoms. The first-order valence-electron chi connectivity index (χ1n) is 6.56. The van der Waals surface area contributed by atoms with Gasteiger partial charge in [-0.3, -0.25) is 0 Å². The maximum Gasteiger partial charge on any atom is 0.129 e. The summed E-state index contributed by atoms with van der Waals surface area (Å²) in [5.74, 6) is 1.55. The van der Waals surface area contributed by atoms with Gasteiger partial charge in [0.25, 0.3) is 0 Å². The van der Waals surface area contributed by atoms with Crippen LogP contribution < -0.4 is 5.32 Å². The third kappa shape index (κ3) is 6.79. The predicted octanol–water partition coefficient (Wildman–Crippen LogP) is 2.58. The standard InChI is InChI=1S/C14H25NO3/c1-12(2)8-15-9-13-7-14(18-10-13)11-17-6-4-5-16-3/h7,10,12,15H,4-6,8-9,11H2,1-3H3. The number of hydrogen-bond acceptors (Lipinski definition) is 4. The molecular weight excluding hydrogens is 230 g/mol. The zero-order chi connectivity index (χ0) is 13.2. The van der Waals surface area contributed by atoms with E-state index in [4.69, 9.17) is 13.9 Å². The first-order chi connectivity index (χ1) is 8.72. The molecule has 4 nitrogen and oxygen atoms in total. The summed E-state index contributed by atoms with van der Waals surface area (Å²) in [5, 5.41) is 3.38. The van der Waals surface area contributed by atoms with Crippen LogP contribution >= 0.6 is 0 Å². The summed E-state index contributed by atoms with van der Waals surface area (Å²) in [4.78, 5) is 0. The summed E-state index contributed by atoms with van der Waals surface area (Å²) in [6.45, 7) is 8.24. The van der Waals surface area contributed by atoms with Gasteiger partial charge in [0.05, 0.1) is 6.26 Å². The Morgan fingerprint density at radius 2 is 2.17 bits per heavy atom. The molecule has 0 saturated carbocycles. The van der Waals surface area contributed by atoms with Crippen molar-refractivity contribution in [1.82, 2.24) is 5.32 Å². The molecule has 0 fully saturated rings. The number of nitrogens with one attached hydrogen (secondary N) is 1. The van der Waals surface area contributed by atoms with Crippen LogP contribution in [0, 0.1) is 5.92 Å². The van der Waals surface area contributed by atoms with Crippen molar-refractivity contribution >= 4 is 0 Å². The number of methoxy groups -OCH3 is 1. The highest BCUT2D eigenvalue weighted by Gasteiger charge is 2.02. The molecule has 0 saturated heterocycles. The maximum absolute atomic E-state index is 5.48. The average Bonchev–Trinajstić information content (AvgIpc) is 2.76. The molecule has 0 bridgehead atoms.